The summed E-state index contributed by atoms with van der Waals surface area (Å²) in [4.78, 5) is 51.0. The van der Waals surface area contributed by atoms with Crippen molar-refractivity contribution < 1.29 is 36.3 Å². The van der Waals surface area contributed by atoms with Gasteiger partial charge in [0.25, 0.3) is 0 Å². The molecular weight excluding hydrogens is 414 g/mol. The van der Waals surface area contributed by atoms with Crippen LogP contribution < -0.4 is 17.2 Å². The summed E-state index contributed by atoms with van der Waals surface area (Å²) in [7, 11) is -15.5. The summed E-state index contributed by atoms with van der Waals surface area (Å²) in [6.45, 7) is 3.81. The van der Waals surface area contributed by atoms with Crippen LogP contribution in [0.15, 0.2) is 0 Å². The van der Waals surface area contributed by atoms with Crippen molar-refractivity contribution in [3.63, 3.8) is 0 Å². The van der Waals surface area contributed by atoms with E-state index in [0.29, 0.717) is 19.3 Å². The molecule has 26 heavy (non-hydrogen) atoms. The fourth-order valence-electron chi connectivity index (χ4n) is 2.27. The molecule has 0 aliphatic carbocycles. The van der Waals surface area contributed by atoms with E-state index < -0.39 is 35.0 Å². The molecular formula is C11H35N3O8Si4. The van der Waals surface area contributed by atoms with Gasteiger partial charge in [0.05, 0.1) is 0 Å². The number of hydrogen-bond donors (Lipinski definition) is 8. The third-order valence-electron chi connectivity index (χ3n) is 3.25. The first-order valence-electron chi connectivity index (χ1n) is 8.63. The Morgan fingerprint density at radius 1 is 0.615 bits per heavy atom. The summed E-state index contributed by atoms with van der Waals surface area (Å²) >= 11 is 0. The zero-order valence-electron chi connectivity index (χ0n) is 15.6. The SMILES string of the molecule is C[Si](C)(O[Si](O)(O)CCCN)O[Si](O)(CCCN)O[Si](O)(O)CCCN. The average molecular weight is 450 g/mol. The quantitative estimate of drug-likeness (QED) is 0.123. The molecule has 0 rings (SSSR count). The number of nitrogens with two attached hydrogens (primary N) is 3. The summed E-state index contributed by atoms with van der Waals surface area (Å²) in [5, 5.41) is 0. The van der Waals surface area contributed by atoms with Gasteiger partial charge in [0.15, 0.2) is 0 Å². The molecule has 0 heterocycles. The Morgan fingerprint density at radius 2 is 1.00 bits per heavy atom. The van der Waals surface area contributed by atoms with E-state index in [1.54, 1.807) is 0 Å². The first kappa shape index (κ1) is 26.4. The Bertz CT molecular complexity index is 408. The molecule has 1 atom stereocenters. The second kappa shape index (κ2) is 11.4. The van der Waals surface area contributed by atoms with Gasteiger partial charge in [-0.2, -0.15) is 0 Å². The van der Waals surface area contributed by atoms with Crippen molar-refractivity contribution in [2.24, 2.45) is 17.2 Å². The lowest BCUT2D eigenvalue weighted by Crippen LogP contribution is -2.61. The molecule has 0 aromatic heterocycles. The fourth-order valence-corrected chi connectivity index (χ4v) is 15.2. The van der Waals surface area contributed by atoms with Crippen LogP contribution >= 0.6 is 0 Å². The van der Waals surface area contributed by atoms with E-state index in [9.17, 15) is 24.0 Å². The van der Waals surface area contributed by atoms with Crippen LogP contribution in [0.5, 0.6) is 0 Å². The van der Waals surface area contributed by atoms with Gasteiger partial charge < -0.3 is 53.5 Å². The highest BCUT2D eigenvalue weighted by Gasteiger charge is 2.52. The van der Waals surface area contributed by atoms with Crippen molar-refractivity contribution in [1.29, 1.82) is 0 Å². The number of rotatable bonds is 15. The highest BCUT2D eigenvalue weighted by atomic mass is 28.5. The maximum atomic E-state index is 10.8. The van der Waals surface area contributed by atoms with Crippen molar-refractivity contribution in [3.05, 3.63) is 0 Å². The molecule has 11 nitrogen and oxygen atoms in total. The van der Waals surface area contributed by atoms with E-state index in [-0.39, 0.29) is 37.8 Å². The van der Waals surface area contributed by atoms with Crippen LogP contribution in [0.3, 0.4) is 0 Å². The maximum absolute atomic E-state index is 10.8. The molecule has 0 aliphatic rings. The summed E-state index contributed by atoms with van der Waals surface area (Å²) in [6, 6.07) is -0.0824. The monoisotopic (exact) mass is 449 g/mol. The molecule has 0 aliphatic heterocycles. The largest absolute Gasteiger partial charge is 0.488 e. The van der Waals surface area contributed by atoms with Crippen LogP contribution in [-0.4, -0.2) is 78.6 Å². The van der Waals surface area contributed by atoms with Gasteiger partial charge in [-0.15, -0.1) is 0 Å². The summed E-state index contributed by atoms with van der Waals surface area (Å²) in [5.74, 6) is 0. The highest BCUT2D eigenvalue weighted by molar-refractivity contribution is 6.84. The minimum absolute atomic E-state index is 0.00210. The van der Waals surface area contributed by atoms with E-state index in [4.69, 9.17) is 29.5 Å². The van der Waals surface area contributed by atoms with Crippen molar-refractivity contribution in [2.45, 2.75) is 50.5 Å². The molecule has 15 heteroatoms. The van der Waals surface area contributed by atoms with Crippen molar-refractivity contribution in [1.82, 2.24) is 0 Å². The molecule has 11 N–H and O–H groups in total. The minimum Gasteiger partial charge on any atom is -0.394 e. The van der Waals surface area contributed by atoms with Crippen molar-refractivity contribution in [3.8, 4) is 0 Å². The van der Waals surface area contributed by atoms with Crippen LogP contribution in [0, 0.1) is 0 Å². The van der Waals surface area contributed by atoms with Gasteiger partial charge in [-0.1, -0.05) is 0 Å². The molecule has 0 saturated heterocycles. The van der Waals surface area contributed by atoms with Crippen LogP contribution in [-0.2, 0) is 12.3 Å². The second-order valence-corrected chi connectivity index (χ2v) is 17.7. The highest BCUT2D eigenvalue weighted by Crippen LogP contribution is 2.26. The fraction of sp³-hybridized carbons (Fsp3) is 1.00. The second-order valence-electron chi connectivity index (χ2n) is 6.58. The van der Waals surface area contributed by atoms with E-state index in [2.05, 4.69) is 0 Å². The molecule has 0 spiro atoms. The Morgan fingerprint density at radius 3 is 1.42 bits per heavy atom. The van der Waals surface area contributed by atoms with Gasteiger partial charge in [-0.3, -0.25) is 0 Å². The van der Waals surface area contributed by atoms with E-state index in [1.807, 2.05) is 0 Å². The van der Waals surface area contributed by atoms with Crippen LogP contribution in [0.1, 0.15) is 19.3 Å². The van der Waals surface area contributed by atoms with Gasteiger partial charge in [-0.25, -0.2) is 0 Å². The molecule has 0 amide bonds. The number of hydrogen-bond acceptors (Lipinski definition) is 11. The van der Waals surface area contributed by atoms with Crippen LogP contribution in [0.4, 0.5) is 0 Å². The van der Waals surface area contributed by atoms with Crippen molar-refractivity contribution in [2.75, 3.05) is 19.6 Å². The molecule has 0 aromatic rings. The smallest absolute Gasteiger partial charge is 0.394 e. The van der Waals surface area contributed by atoms with E-state index in [1.165, 1.54) is 13.1 Å². The zero-order valence-corrected chi connectivity index (χ0v) is 19.6. The lowest BCUT2D eigenvalue weighted by Gasteiger charge is -2.37. The predicted molar refractivity (Wildman–Crippen MR) is 105 cm³/mol. The average Bonchev–Trinajstić information content (AvgIpc) is 2.46. The molecule has 0 fully saturated rings. The van der Waals surface area contributed by atoms with Gasteiger partial charge >= 0.3 is 35.0 Å². The molecule has 1 unspecified atom stereocenters. The third-order valence-corrected chi connectivity index (χ3v) is 15.3. The van der Waals surface area contributed by atoms with E-state index in [0.717, 1.165) is 0 Å². The Kier molecular flexibility index (Phi) is 11.6. The molecule has 158 valence electrons. The predicted octanol–water partition coefficient (Wildman–Crippen LogP) is -2.44. The van der Waals surface area contributed by atoms with E-state index >= 15 is 0 Å². The Balaban J connectivity index is 5.15. The summed E-state index contributed by atoms with van der Waals surface area (Å²) in [5.41, 5.74) is 16.2. The Labute approximate surface area is 159 Å². The zero-order chi connectivity index (χ0) is 20.5. The van der Waals surface area contributed by atoms with Gasteiger partial charge in [0.2, 0.25) is 0 Å². The first-order chi connectivity index (χ1) is 11.8. The minimum atomic E-state index is -4.19. The normalized spacial score (nSPS) is 15.9. The molecule has 0 bridgehead atoms. The lowest BCUT2D eigenvalue weighted by atomic mass is 10.5. The lowest BCUT2D eigenvalue weighted by molar-refractivity contribution is 0.140. The molecule has 0 saturated carbocycles. The summed E-state index contributed by atoms with van der Waals surface area (Å²) < 4.78 is 16.3. The van der Waals surface area contributed by atoms with Gasteiger partial charge in [-0.05, 0) is 52.0 Å². The van der Waals surface area contributed by atoms with Crippen LogP contribution in [0.25, 0.3) is 0 Å². The van der Waals surface area contributed by atoms with Gasteiger partial charge in [0.1, 0.15) is 0 Å². The molecule has 0 aromatic carbocycles. The van der Waals surface area contributed by atoms with Gasteiger partial charge in [0, 0.05) is 18.1 Å². The standard InChI is InChI=1S/C11H35N3O8Si4/c1-23(2,20-24(15,16)9-3-6-12)21-26(19,11-5-8-14)22-25(17,18)10-4-7-13/h15-19H,3-14H2,1-2H3. The third kappa shape index (κ3) is 12.0. The maximum Gasteiger partial charge on any atom is 0.488 e. The first-order valence-corrected chi connectivity index (χ1v) is 17.4. The topological polar surface area (TPSA) is 207 Å². The molecule has 0 radical (unpaired) electrons. The Hall–Kier alpha value is 0.428. The van der Waals surface area contributed by atoms with Crippen molar-refractivity contribution >= 4 is 35.0 Å². The summed E-state index contributed by atoms with van der Waals surface area (Å²) in [6.07, 6.45) is 1.03. The van der Waals surface area contributed by atoms with Crippen LogP contribution in [0.2, 0.25) is 31.2 Å².